The first-order chi connectivity index (χ1) is 20.9. The van der Waals surface area contributed by atoms with Crippen molar-refractivity contribution >= 4 is 60.8 Å². The van der Waals surface area contributed by atoms with Gasteiger partial charge in [-0.2, -0.15) is 11.1 Å². The van der Waals surface area contributed by atoms with E-state index >= 15 is 0 Å². The van der Waals surface area contributed by atoms with Crippen LogP contribution in [0.15, 0.2) is 0 Å². The van der Waals surface area contributed by atoms with Crippen molar-refractivity contribution < 1.29 is 115 Å². The predicted octanol–water partition coefficient (Wildman–Crippen LogP) is -3.04. The standard InChI is InChI=1S/C12H36N4O24P8/c17-41(18,19)9(42(20,21)22)7-1-2-8(10(43(23,24)25)44(26,27)28)4-6-16(12(47(35,36)37)48(38,39)40)14-13-15(5-3-7)11(45(29,30)31)46(32,33)34/h7-14H,1-6H2,(H2,17,18,19)(H2,20,21,22)(H2,23,24,25)(H2,26,27,28)(H2,29,30,31)(H2,32,33,34)(H2,35,36,37)(H2,38,39,40). The van der Waals surface area contributed by atoms with Crippen molar-refractivity contribution in [2.75, 3.05) is 13.1 Å². The van der Waals surface area contributed by atoms with Crippen LogP contribution < -0.4 is 11.1 Å². The summed E-state index contributed by atoms with van der Waals surface area (Å²) in [6.45, 7) is -2.69. The zero-order valence-corrected chi connectivity index (χ0v) is 30.8. The molecule has 0 saturated carbocycles. The highest BCUT2D eigenvalue weighted by molar-refractivity contribution is 7.72. The van der Waals surface area contributed by atoms with Gasteiger partial charge in [-0.25, -0.2) is 10.0 Å². The lowest BCUT2D eigenvalue weighted by Gasteiger charge is -2.40. The fourth-order valence-electron chi connectivity index (χ4n) is 5.12. The summed E-state index contributed by atoms with van der Waals surface area (Å²) in [6.07, 6.45) is -4.48. The normalized spacial score (nSPS) is 22.3. The average Bonchev–Trinajstić information content (AvgIpc) is 2.72. The van der Waals surface area contributed by atoms with Gasteiger partial charge in [-0.3, -0.25) is 36.5 Å². The molecule has 18 N–H and O–H groups in total. The van der Waals surface area contributed by atoms with Crippen molar-refractivity contribution in [3.8, 4) is 0 Å². The number of hydrogen-bond acceptors (Lipinski definition) is 12. The Morgan fingerprint density at radius 2 is 0.583 bits per heavy atom. The lowest BCUT2D eigenvalue weighted by Crippen LogP contribution is -2.60. The van der Waals surface area contributed by atoms with E-state index in [1.165, 1.54) is 0 Å². The molecule has 1 aliphatic heterocycles. The van der Waals surface area contributed by atoms with Gasteiger partial charge in [0.05, 0.1) is 0 Å². The van der Waals surface area contributed by atoms with E-state index in [1.807, 2.05) is 0 Å². The third kappa shape index (κ3) is 13.8. The molecule has 1 fully saturated rings. The topological polar surface area (TPSA) is 491 Å². The van der Waals surface area contributed by atoms with Crippen LogP contribution in [0.4, 0.5) is 0 Å². The Labute approximate surface area is 269 Å². The number of nitrogens with one attached hydrogen (secondary N) is 2. The quantitative estimate of drug-likeness (QED) is 0.0867. The second-order valence-electron chi connectivity index (χ2n) is 10.5. The molecule has 0 spiro atoms. The SMILES string of the molecule is O=P(O)(O)C(C1CCC(C(P(=O)(O)O)P(=O)(O)O)CCN(C(P(=O)(O)O)P(=O)(O)O)NNN(C(P(=O)(O)O)P(=O)(O)O)CC1)P(=O)(O)O. The highest BCUT2D eigenvalue weighted by Gasteiger charge is 2.54. The van der Waals surface area contributed by atoms with Crippen molar-refractivity contribution in [2.45, 2.75) is 47.5 Å². The molecule has 0 radical (unpaired) electrons. The number of nitrogens with zero attached hydrogens (tertiary/aromatic N) is 2. The highest BCUT2D eigenvalue weighted by Crippen LogP contribution is 2.67. The van der Waals surface area contributed by atoms with Crippen molar-refractivity contribution in [3.05, 3.63) is 0 Å². The first-order valence-corrected chi connectivity index (χ1v) is 25.8. The molecule has 0 amide bonds. The van der Waals surface area contributed by atoms with E-state index < -0.39 is 133 Å². The monoisotopic (exact) mass is 868 g/mol. The maximum Gasteiger partial charge on any atom is 0.356 e. The molecule has 28 nitrogen and oxygen atoms in total. The van der Waals surface area contributed by atoms with Crippen molar-refractivity contribution in [2.24, 2.45) is 11.8 Å². The maximum atomic E-state index is 12.2. The Bertz CT molecular complexity index is 1180. The molecule has 36 heteroatoms. The number of rotatable bonds is 12. The minimum Gasteiger partial charge on any atom is -0.324 e. The Balaban J connectivity index is 4.11. The van der Waals surface area contributed by atoms with Crippen LogP contribution in [0.2, 0.25) is 0 Å². The zero-order chi connectivity index (χ0) is 38.3. The molecule has 1 rings (SSSR count). The Hall–Kier alpha value is 1.04. The molecule has 0 aromatic heterocycles. The largest absolute Gasteiger partial charge is 0.356 e. The van der Waals surface area contributed by atoms with E-state index in [0.29, 0.717) is 0 Å². The van der Waals surface area contributed by atoms with Gasteiger partial charge < -0.3 is 78.3 Å². The molecule has 0 aromatic rings. The summed E-state index contributed by atoms with van der Waals surface area (Å²) in [5.41, 5.74) is -3.40. The van der Waals surface area contributed by atoms with Gasteiger partial charge in [0.25, 0.3) is 0 Å². The summed E-state index contributed by atoms with van der Waals surface area (Å²) >= 11 is 0. The van der Waals surface area contributed by atoms with Gasteiger partial charge in [0.1, 0.15) is 0 Å². The minimum atomic E-state index is -6.07. The molecule has 288 valence electrons. The third-order valence-electron chi connectivity index (χ3n) is 6.71. The molecule has 48 heavy (non-hydrogen) atoms. The first kappa shape index (κ1) is 47.1. The summed E-state index contributed by atoms with van der Waals surface area (Å²) in [5.74, 6) is -4.29. The zero-order valence-electron chi connectivity index (χ0n) is 23.6. The maximum absolute atomic E-state index is 12.2. The molecule has 2 unspecified atom stereocenters. The lowest BCUT2D eigenvalue weighted by molar-refractivity contribution is 0.0304. The number of hydrazine groups is 3. The molecule has 2 atom stereocenters. The van der Waals surface area contributed by atoms with E-state index in [9.17, 15) is 115 Å². The molecule has 0 aromatic carbocycles. The van der Waals surface area contributed by atoms with Crippen LogP contribution in [0.3, 0.4) is 0 Å². The predicted molar refractivity (Wildman–Crippen MR) is 157 cm³/mol. The lowest BCUT2D eigenvalue weighted by atomic mass is 9.93. The Morgan fingerprint density at radius 1 is 0.375 bits per heavy atom. The first-order valence-electron chi connectivity index (χ1n) is 12.4. The van der Waals surface area contributed by atoms with Gasteiger partial charge >= 0.3 is 60.8 Å². The van der Waals surface area contributed by atoms with Crippen LogP contribution in [0, 0.1) is 11.8 Å². The van der Waals surface area contributed by atoms with Gasteiger partial charge in [-0.1, -0.05) is 0 Å². The van der Waals surface area contributed by atoms with Crippen LogP contribution in [-0.4, -0.2) is 123 Å². The molecular formula is C12H36N4O24P8. The minimum absolute atomic E-state index is 0.165. The summed E-state index contributed by atoms with van der Waals surface area (Å²) in [5, 5.41) is -6.38. The van der Waals surface area contributed by atoms with Gasteiger partial charge in [0.15, 0.2) is 10.8 Å². The average molecular weight is 868 g/mol. The van der Waals surface area contributed by atoms with Gasteiger partial charge in [0, 0.05) is 13.1 Å². The van der Waals surface area contributed by atoms with E-state index in [4.69, 9.17) is 0 Å². The summed E-state index contributed by atoms with van der Waals surface area (Å²) in [7, 11) is -48.0. The summed E-state index contributed by atoms with van der Waals surface area (Å²) in [4.78, 5) is 156. The second-order valence-corrected chi connectivity index (χ2v) is 25.8. The van der Waals surface area contributed by atoms with Crippen LogP contribution in [0.25, 0.3) is 0 Å². The molecule has 1 saturated heterocycles. The van der Waals surface area contributed by atoms with Gasteiger partial charge in [0.2, 0.25) is 11.0 Å². The van der Waals surface area contributed by atoms with Crippen LogP contribution >= 0.6 is 60.8 Å². The second kappa shape index (κ2) is 16.2. The third-order valence-corrected chi connectivity index (χ3v) is 21.9. The number of hydrogen-bond donors (Lipinski definition) is 18. The smallest absolute Gasteiger partial charge is 0.324 e. The summed E-state index contributed by atoms with van der Waals surface area (Å²) < 4.78 is 97.6. The van der Waals surface area contributed by atoms with Crippen molar-refractivity contribution in [1.82, 2.24) is 21.1 Å². The van der Waals surface area contributed by atoms with Crippen LogP contribution in [0.1, 0.15) is 25.7 Å². The van der Waals surface area contributed by atoms with Crippen LogP contribution in [-0.2, 0) is 36.5 Å². The van der Waals surface area contributed by atoms with Gasteiger partial charge in [-0.05, 0) is 37.5 Å². The van der Waals surface area contributed by atoms with Crippen molar-refractivity contribution in [3.63, 3.8) is 0 Å². The Kier molecular flexibility index (Phi) is 15.9. The van der Waals surface area contributed by atoms with E-state index in [-0.39, 0.29) is 10.0 Å². The Morgan fingerprint density at radius 3 is 0.750 bits per heavy atom. The molecule has 1 heterocycles. The molecule has 0 bridgehead atoms. The van der Waals surface area contributed by atoms with E-state index in [1.54, 1.807) is 11.1 Å². The van der Waals surface area contributed by atoms with Crippen molar-refractivity contribution in [1.29, 1.82) is 0 Å². The van der Waals surface area contributed by atoms with Gasteiger partial charge in [-0.15, -0.1) is 0 Å². The summed E-state index contributed by atoms with van der Waals surface area (Å²) in [6, 6.07) is 0. The highest BCUT2D eigenvalue weighted by atomic mass is 31.3. The fourth-order valence-corrected chi connectivity index (χ4v) is 16.9. The fraction of sp³-hybridized carbons (Fsp3) is 1.00. The van der Waals surface area contributed by atoms with E-state index in [0.717, 1.165) is 0 Å². The molecular weight excluding hydrogens is 832 g/mol. The molecule has 1 aliphatic rings. The molecule has 0 aliphatic carbocycles. The van der Waals surface area contributed by atoms with E-state index in [2.05, 4.69) is 0 Å². The van der Waals surface area contributed by atoms with Crippen LogP contribution in [0.5, 0.6) is 0 Å².